The third-order valence-corrected chi connectivity index (χ3v) is 2.43. The third kappa shape index (κ3) is 2.94. The van der Waals surface area contributed by atoms with Gasteiger partial charge in [0.25, 0.3) is 0 Å². The number of Topliss-reactive ketones (excluding diaryl/α,β-unsaturated/α-hetero) is 1. The van der Waals surface area contributed by atoms with Gasteiger partial charge in [-0.25, -0.2) is 4.79 Å². The SMILES string of the molecule is CCOC(=O)C(C(C)=O)c1ccccc1C(=O)O. The monoisotopic (exact) mass is 250 g/mol. The maximum absolute atomic E-state index is 11.7. The lowest BCUT2D eigenvalue weighted by molar-refractivity contribution is -0.147. The lowest BCUT2D eigenvalue weighted by atomic mass is 9.91. The molecular weight excluding hydrogens is 236 g/mol. The van der Waals surface area contributed by atoms with E-state index in [1.807, 2.05) is 0 Å². The van der Waals surface area contributed by atoms with E-state index in [0.717, 1.165) is 0 Å². The van der Waals surface area contributed by atoms with Crippen LogP contribution in [0.5, 0.6) is 0 Å². The second-order valence-electron chi connectivity index (χ2n) is 3.69. The molecule has 1 rings (SSSR count). The normalized spacial score (nSPS) is 11.7. The van der Waals surface area contributed by atoms with Crippen LogP contribution in [0.1, 0.15) is 35.7 Å². The van der Waals surface area contributed by atoms with Gasteiger partial charge in [0.1, 0.15) is 11.7 Å². The van der Waals surface area contributed by atoms with E-state index in [-0.39, 0.29) is 17.7 Å². The molecule has 0 amide bonds. The van der Waals surface area contributed by atoms with Crippen molar-refractivity contribution < 1.29 is 24.2 Å². The molecule has 5 heteroatoms. The van der Waals surface area contributed by atoms with Gasteiger partial charge in [-0.05, 0) is 25.5 Å². The highest BCUT2D eigenvalue weighted by atomic mass is 16.5. The second-order valence-corrected chi connectivity index (χ2v) is 3.69. The van der Waals surface area contributed by atoms with Gasteiger partial charge in [0.05, 0.1) is 12.2 Å². The summed E-state index contributed by atoms with van der Waals surface area (Å²) in [4.78, 5) is 34.3. The van der Waals surface area contributed by atoms with Crippen molar-refractivity contribution >= 4 is 17.7 Å². The Morgan fingerprint density at radius 2 is 1.89 bits per heavy atom. The number of carboxylic acids is 1. The predicted molar refractivity (Wildman–Crippen MR) is 63.5 cm³/mol. The van der Waals surface area contributed by atoms with Gasteiger partial charge in [-0.2, -0.15) is 0 Å². The molecule has 1 N–H and O–H groups in total. The first-order valence-corrected chi connectivity index (χ1v) is 5.48. The number of aromatic carboxylic acids is 1. The van der Waals surface area contributed by atoms with Crippen LogP contribution in [-0.2, 0) is 14.3 Å². The number of carbonyl (C=O) groups excluding carboxylic acids is 2. The molecule has 0 heterocycles. The van der Waals surface area contributed by atoms with Gasteiger partial charge in [-0.3, -0.25) is 9.59 Å². The van der Waals surface area contributed by atoms with Gasteiger partial charge in [-0.15, -0.1) is 0 Å². The summed E-state index contributed by atoms with van der Waals surface area (Å²) in [5.74, 6) is -3.53. The Bertz CT molecular complexity index is 478. The first kappa shape index (κ1) is 13.9. The molecule has 0 spiro atoms. The van der Waals surface area contributed by atoms with Gasteiger partial charge >= 0.3 is 11.9 Å². The topological polar surface area (TPSA) is 80.7 Å². The number of benzene rings is 1. The maximum Gasteiger partial charge on any atom is 0.336 e. The molecule has 5 nitrogen and oxygen atoms in total. The molecule has 0 aliphatic heterocycles. The molecule has 96 valence electrons. The van der Waals surface area contributed by atoms with Crippen molar-refractivity contribution in [3.63, 3.8) is 0 Å². The van der Waals surface area contributed by atoms with Crippen molar-refractivity contribution in [3.05, 3.63) is 35.4 Å². The lowest BCUT2D eigenvalue weighted by Crippen LogP contribution is -2.24. The Labute approximate surface area is 104 Å². The van der Waals surface area contributed by atoms with Crippen molar-refractivity contribution in [3.8, 4) is 0 Å². The van der Waals surface area contributed by atoms with Gasteiger partial charge in [-0.1, -0.05) is 18.2 Å². The molecule has 0 saturated heterocycles. The van der Waals surface area contributed by atoms with Crippen LogP contribution in [0.25, 0.3) is 0 Å². The zero-order chi connectivity index (χ0) is 13.7. The second kappa shape index (κ2) is 5.95. The summed E-state index contributed by atoms with van der Waals surface area (Å²) < 4.78 is 4.80. The Morgan fingerprint density at radius 3 is 2.39 bits per heavy atom. The van der Waals surface area contributed by atoms with Crippen LogP contribution in [0.2, 0.25) is 0 Å². The molecule has 1 aromatic carbocycles. The van der Waals surface area contributed by atoms with Crippen LogP contribution in [0, 0.1) is 0 Å². The molecule has 0 bridgehead atoms. The number of rotatable bonds is 5. The van der Waals surface area contributed by atoms with Gasteiger partial charge in [0.2, 0.25) is 0 Å². The Hall–Kier alpha value is -2.17. The van der Waals surface area contributed by atoms with Crippen LogP contribution in [0.3, 0.4) is 0 Å². The standard InChI is InChI=1S/C13H14O5/c1-3-18-13(17)11(8(2)14)9-6-4-5-7-10(9)12(15)16/h4-7,11H,3H2,1-2H3,(H,15,16). The molecule has 0 saturated carbocycles. The summed E-state index contributed by atoms with van der Waals surface area (Å²) in [6.45, 7) is 3.00. The van der Waals surface area contributed by atoms with Crippen LogP contribution < -0.4 is 0 Å². The summed E-state index contributed by atoms with van der Waals surface area (Å²) in [5, 5.41) is 9.04. The van der Waals surface area contributed by atoms with Crippen molar-refractivity contribution in [1.82, 2.24) is 0 Å². The van der Waals surface area contributed by atoms with Crippen LogP contribution >= 0.6 is 0 Å². The minimum absolute atomic E-state index is 0.0641. The molecule has 0 aliphatic rings. The van der Waals surface area contributed by atoms with E-state index in [2.05, 4.69) is 0 Å². The first-order chi connectivity index (χ1) is 8.49. The summed E-state index contributed by atoms with van der Waals surface area (Å²) in [6, 6.07) is 5.92. The highest BCUT2D eigenvalue weighted by Crippen LogP contribution is 2.23. The number of ether oxygens (including phenoxy) is 1. The van der Waals surface area contributed by atoms with E-state index < -0.39 is 23.6 Å². The fourth-order valence-electron chi connectivity index (χ4n) is 1.68. The molecule has 1 aromatic rings. The quantitative estimate of drug-likeness (QED) is 0.634. The van der Waals surface area contributed by atoms with E-state index >= 15 is 0 Å². The highest BCUT2D eigenvalue weighted by molar-refractivity contribution is 6.05. The number of carbonyl (C=O) groups is 3. The van der Waals surface area contributed by atoms with Crippen molar-refractivity contribution in [1.29, 1.82) is 0 Å². The molecule has 0 radical (unpaired) electrons. The summed E-state index contributed by atoms with van der Waals surface area (Å²) in [7, 11) is 0. The van der Waals surface area contributed by atoms with E-state index in [9.17, 15) is 14.4 Å². The molecule has 0 fully saturated rings. The summed E-state index contributed by atoms with van der Waals surface area (Å²) in [6.07, 6.45) is 0. The van der Waals surface area contributed by atoms with E-state index in [1.165, 1.54) is 25.1 Å². The van der Waals surface area contributed by atoms with Crippen LogP contribution in [0.4, 0.5) is 0 Å². The Kier molecular flexibility index (Phi) is 4.59. The third-order valence-electron chi connectivity index (χ3n) is 2.43. The molecule has 0 aromatic heterocycles. The lowest BCUT2D eigenvalue weighted by Gasteiger charge is -2.14. The zero-order valence-corrected chi connectivity index (χ0v) is 10.2. The summed E-state index contributed by atoms with van der Waals surface area (Å²) >= 11 is 0. The number of hydrogen-bond acceptors (Lipinski definition) is 4. The minimum atomic E-state index is -1.18. The van der Waals surface area contributed by atoms with Crippen molar-refractivity contribution in [2.24, 2.45) is 0 Å². The number of ketones is 1. The summed E-state index contributed by atoms with van der Waals surface area (Å²) in [5.41, 5.74) is 0.0988. The molecular formula is C13H14O5. The van der Waals surface area contributed by atoms with Crippen molar-refractivity contribution in [2.75, 3.05) is 6.61 Å². The molecule has 1 atom stereocenters. The number of carboxylic acid groups (broad SMARTS) is 1. The van der Waals surface area contributed by atoms with Crippen LogP contribution in [0.15, 0.2) is 24.3 Å². The molecule has 18 heavy (non-hydrogen) atoms. The average molecular weight is 250 g/mol. The van der Waals surface area contributed by atoms with Gasteiger partial charge < -0.3 is 9.84 Å². The Balaban J connectivity index is 3.26. The van der Waals surface area contributed by atoms with E-state index in [0.29, 0.717) is 0 Å². The largest absolute Gasteiger partial charge is 0.478 e. The van der Waals surface area contributed by atoms with Crippen LogP contribution in [-0.4, -0.2) is 29.4 Å². The number of esters is 1. The highest BCUT2D eigenvalue weighted by Gasteiger charge is 2.30. The van der Waals surface area contributed by atoms with E-state index in [1.54, 1.807) is 13.0 Å². The Morgan fingerprint density at radius 1 is 1.28 bits per heavy atom. The molecule has 0 aliphatic carbocycles. The number of hydrogen-bond donors (Lipinski definition) is 1. The fraction of sp³-hybridized carbons (Fsp3) is 0.308. The predicted octanol–water partition coefficient (Wildman–Crippen LogP) is 1.62. The van der Waals surface area contributed by atoms with Gasteiger partial charge in [0, 0.05) is 0 Å². The molecule has 1 unspecified atom stereocenters. The zero-order valence-electron chi connectivity index (χ0n) is 10.2. The first-order valence-electron chi connectivity index (χ1n) is 5.48. The average Bonchev–Trinajstić information content (AvgIpc) is 2.29. The minimum Gasteiger partial charge on any atom is -0.478 e. The fourth-order valence-corrected chi connectivity index (χ4v) is 1.68. The van der Waals surface area contributed by atoms with Gasteiger partial charge in [0.15, 0.2) is 0 Å². The maximum atomic E-state index is 11.7. The van der Waals surface area contributed by atoms with Crippen molar-refractivity contribution in [2.45, 2.75) is 19.8 Å². The van der Waals surface area contributed by atoms with E-state index in [4.69, 9.17) is 9.84 Å². The smallest absolute Gasteiger partial charge is 0.336 e.